The first kappa shape index (κ1) is 42.7. The second-order valence-electron chi connectivity index (χ2n) is 17.9. The summed E-state index contributed by atoms with van der Waals surface area (Å²) in [4.78, 5) is 65.9. The van der Waals surface area contributed by atoms with Crippen molar-refractivity contribution < 1.29 is 37.5 Å². The van der Waals surface area contributed by atoms with Gasteiger partial charge in [-0.05, 0) is 117 Å². The van der Waals surface area contributed by atoms with E-state index in [1.54, 1.807) is 6.07 Å². The molecule has 5 aliphatic rings. The minimum absolute atomic E-state index is 0.0174. The molecule has 3 aromatic carbocycles. The molecule has 4 aliphatic heterocycles. The predicted molar refractivity (Wildman–Crippen MR) is 231 cm³/mol. The molecule has 16 heteroatoms. The Kier molecular flexibility index (Phi) is 11.9. The van der Waals surface area contributed by atoms with E-state index in [1.807, 2.05) is 28.8 Å². The molecule has 5 heterocycles. The quantitative estimate of drug-likeness (QED) is 0.153. The van der Waals surface area contributed by atoms with E-state index in [9.17, 15) is 37.5 Å². The number of rotatable bonds is 10. The number of halogens is 3. The van der Waals surface area contributed by atoms with Crippen molar-refractivity contribution in [3.63, 3.8) is 0 Å². The molecule has 4 amide bonds. The van der Waals surface area contributed by atoms with E-state index in [4.69, 9.17) is 4.98 Å². The molecule has 1 saturated carbocycles. The number of nitrogens with zero attached hydrogens (tertiary/aromatic N) is 6. The van der Waals surface area contributed by atoms with Crippen molar-refractivity contribution in [2.45, 2.75) is 76.2 Å². The summed E-state index contributed by atoms with van der Waals surface area (Å²) in [6.07, 6.45) is 1.57. The zero-order valence-corrected chi connectivity index (χ0v) is 35.2. The largest absolute Gasteiger partial charge is 0.416 e. The van der Waals surface area contributed by atoms with Crippen LogP contribution in [0.4, 0.5) is 24.8 Å². The normalized spacial score (nSPS) is 23.1. The van der Waals surface area contributed by atoms with Crippen LogP contribution in [0.1, 0.15) is 99.6 Å². The smallest absolute Gasteiger partial charge is 0.396 e. The van der Waals surface area contributed by atoms with E-state index in [2.05, 4.69) is 38.0 Å². The minimum atomic E-state index is -4.57. The molecular formula is C47H53F3N8O5. The topological polar surface area (TPSA) is 143 Å². The van der Waals surface area contributed by atoms with Gasteiger partial charge in [-0.2, -0.15) is 13.2 Å². The first-order valence-corrected chi connectivity index (χ1v) is 22.1. The van der Waals surface area contributed by atoms with Crippen molar-refractivity contribution in [1.82, 2.24) is 29.6 Å². The van der Waals surface area contributed by atoms with E-state index in [0.717, 1.165) is 125 Å². The Morgan fingerprint density at radius 2 is 1.56 bits per heavy atom. The van der Waals surface area contributed by atoms with Gasteiger partial charge < -0.3 is 24.8 Å². The molecule has 1 aromatic heterocycles. The number of benzene rings is 3. The number of imide groups is 1. The monoisotopic (exact) mass is 866 g/mol. The van der Waals surface area contributed by atoms with Crippen LogP contribution in [0.2, 0.25) is 0 Å². The van der Waals surface area contributed by atoms with E-state index in [1.165, 1.54) is 12.1 Å². The second-order valence-corrected chi connectivity index (χ2v) is 17.9. The van der Waals surface area contributed by atoms with E-state index in [-0.39, 0.29) is 30.0 Å². The summed E-state index contributed by atoms with van der Waals surface area (Å²) in [7, 11) is 0. The number of fused-ring (bicyclic) bond motifs is 2. The standard InChI is InChI=1S/C47H53F3N8O5/c1-29-5-13-41(43(61)51-29)58-44(62)37-12-11-36(25-38(37)45(58)63)56-17-15-30(16-18-56)26-54-19-21-55(22-20-54)27-32-8-14-40-39(23-32)52-46(57(40)35-9-6-31(28-59)7-10-35)53-42(60)33-3-2-4-34(24-33)47(48,49)50/h2-4,8,11-12,14,23-25,30-31,35,41,59H,1,5-7,9-10,13,15-22,26-28H2,(H,51,61)(H,52,53,60). The van der Waals surface area contributed by atoms with Crippen molar-refractivity contribution in [3.05, 3.63) is 101 Å². The lowest BCUT2D eigenvalue weighted by atomic mass is 9.86. The summed E-state index contributed by atoms with van der Waals surface area (Å²) in [5.41, 5.74) is 3.87. The molecule has 63 heavy (non-hydrogen) atoms. The van der Waals surface area contributed by atoms with E-state index in [0.29, 0.717) is 47.0 Å². The number of aromatic nitrogens is 2. The van der Waals surface area contributed by atoms with Crippen LogP contribution in [-0.4, -0.2) is 111 Å². The summed E-state index contributed by atoms with van der Waals surface area (Å²) in [5.74, 6) is -0.805. The van der Waals surface area contributed by atoms with Gasteiger partial charge in [0.2, 0.25) is 11.9 Å². The van der Waals surface area contributed by atoms with Gasteiger partial charge in [0.15, 0.2) is 0 Å². The summed E-state index contributed by atoms with van der Waals surface area (Å²) >= 11 is 0. The van der Waals surface area contributed by atoms with Crippen molar-refractivity contribution in [1.29, 1.82) is 0 Å². The van der Waals surface area contributed by atoms with E-state index < -0.39 is 35.5 Å². The number of carbonyl (C=O) groups excluding carboxylic acids is 4. The fourth-order valence-electron chi connectivity index (χ4n) is 10.2. The van der Waals surface area contributed by atoms with Gasteiger partial charge in [0, 0.05) is 82.0 Å². The third-order valence-electron chi connectivity index (χ3n) is 13.8. The number of alkyl halides is 3. The minimum Gasteiger partial charge on any atom is -0.396 e. The number of aliphatic hydroxyl groups excluding tert-OH is 1. The highest BCUT2D eigenvalue weighted by Gasteiger charge is 2.44. The highest BCUT2D eigenvalue weighted by atomic mass is 19.4. The van der Waals surface area contributed by atoms with Crippen LogP contribution in [0.25, 0.3) is 11.0 Å². The average molecular weight is 867 g/mol. The Labute approximate surface area is 363 Å². The van der Waals surface area contributed by atoms with Gasteiger partial charge in [-0.1, -0.05) is 18.7 Å². The molecule has 0 spiro atoms. The Morgan fingerprint density at radius 3 is 2.27 bits per heavy atom. The zero-order chi connectivity index (χ0) is 44.0. The van der Waals surface area contributed by atoms with Gasteiger partial charge in [0.1, 0.15) is 6.04 Å². The summed E-state index contributed by atoms with van der Waals surface area (Å²) in [5, 5.41) is 15.3. The molecule has 3 saturated heterocycles. The van der Waals surface area contributed by atoms with Crippen molar-refractivity contribution >= 4 is 46.3 Å². The fraction of sp³-hybridized carbons (Fsp3) is 0.468. The maximum Gasteiger partial charge on any atom is 0.416 e. The number of aliphatic hydroxyl groups is 1. The molecule has 0 radical (unpaired) electrons. The first-order chi connectivity index (χ1) is 30.3. The number of anilines is 2. The molecule has 332 valence electrons. The van der Waals surface area contributed by atoms with Crippen LogP contribution in [0, 0.1) is 11.8 Å². The number of amides is 4. The van der Waals surface area contributed by atoms with Crippen LogP contribution < -0.4 is 15.5 Å². The van der Waals surface area contributed by atoms with Crippen molar-refractivity contribution in [2.75, 3.05) is 62.6 Å². The summed E-state index contributed by atoms with van der Waals surface area (Å²) in [6, 6.07) is 15.2. The number of nitrogens with one attached hydrogen (secondary N) is 2. The Morgan fingerprint density at radius 1 is 0.825 bits per heavy atom. The predicted octanol–water partition coefficient (Wildman–Crippen LogP) is 6.45. The average Bonchev–Trinajstić information content (AvgIpc) is 3.76. The van der Waals surface area contributed by atoms with Gasteiger partial charge in [0.25, 0.3) is 17.7 Å². The number of hydrogen-bond acceptors (Lipinski definition) is 9. The van der Waals surface area contributed by atoms with Crippen LogP contribution in [-0.2, 0) is 17.5 Å². The molecular weight excluding hydrogens is 814 g/mol. The number of carbonyl (C=O) groups is 4. The number of imidazole rings is 1. The fourth-order valence-corrected chi connectivity index (χ4v) is 10.2. The number of piperazine rings is 1. The lowest BCUT2D eigenvalue weighted by Gasteiger charge is -2.39. The Hall–Kier alpha value is -5.58. The molecule has 4 aromatic rings. The van der Waals surface area contributed by atoms with Crippen LogP contribution in [0.5, 0.6) is 0 Å². The van der Waals surface area contributed by atoms with Gasteiger partial charge in [0.05, 0.1) is 27.7 Å². The molecule has 1 aliphatic carbocycles. The molecule has 3 N–H and O–H groups in total. The molecule has 9 rings (SSSR count). The highest BCUT2D eigenvalue weighted by molar-refractivity contribution is 6.23. The number of allylic oxidation sites excluding steroid dienone is 1. The van der Waals surface area contributed by atoms with Gasteiger partial charge >= 0.3 is 6.18 Å². The maximum absolute atomic E-state index is 13.5. The lowest BCUT2D eigenvalue weighted by Crippen LogP contribution is -2.51. The maximum atomic E-state index is 13.5. The van der Waals surface area contributed by atoms with Crippen LogP contribution in [0.3, 0.4) is 0 Å². The summed E-state index contributed by atoms with van der Waals surface area (Å²) < 4.78 is 42.4. The van der Waals surface area contributed by atoms with Gasteiger partial charge in [-0.15, -0.1) is 0 Å². The van der Waals surface area contributed by atoms with Gasteiger partial charge in [-0.25, -0.2) is 4.98 Å². The number of hydrogen-bond donors (Lipinski definition) is 3. The highest BCUT2D eigenvalue weighted by Crippen LogP contribution is 2.38. The molecule has 0 bridgehead atoms. The van der Waals surface area contributed by atoms with Crippen LogP contribution in [0.15, 0.2) is 72.9 Å². The van der Waals surface area contributed by atoms with Crippen molar-refractivity contribution in [3.8, 4) is 0 Å². The first-order valence-electron chi connectivity index (χ1n) is 22.1. The third-order valence-corrected chi connectivity index (χ3v) is 13.8. The van der Waals surface area contributed by atoms with Gasteiger partial charge in [-0.3, -0.25) is 34.3 Å². The molecule has 1 atom stereocenters. The second kappa shape index (κ2) is 17.5. The summed E-state index contributed by atoms with van der Waals surface area (Å²) in [6.45, 7) is 11.1. The van der Waals surface area contributed by atoms with Crippen LogP contribution >= 0.6 is 0 Å². The number of piperidine rings is 2. The molecule has 13 nitrogen and oxygen atoms in total. The molecule has 4 fully saturated rings. The van der Waals surface area contributed by atoms with Crippen molar-refractivity contribution in [2.24, 2.45) is 11.8 Å². The third kappa shape index (κ3) is 8.85. The Bertz CT molecular complexity index is 2430. The molecule has 1 unspecified atom stereocenters. The lowest BCUT2D eigenvalue weighted by molar-refractivity contribution is -0.137. The van der Waals surface area contributed by atoms with E-state index >= 15 is 0 Å². The zero-order valence-electron chi connectivity index (χ0n) is 35.2. The Balaban J connectivity index is 0.793. The SMILES string of the molecule is C=C1CCC(N2C(=O)c3ccc(N4CCC(CN5CCN(Cc6ccc7c(c6)nc(NC(=O)c6cccc(C(F)(F)F)c6)n7C6CCC(CO)CC6)CC5)CC4)cc3C2=O)C(=O)N1.